The molecule has 0 aliphatic heterocycles. The van der Waals surface area contributed by atoms with Crippen molar-refractivity contribution in [3.8, 4) is 22.5 Å². The number of rotatable bonds is 10. The lowest BCUT2D eigenvalue weighted by Crippen LogP contribution is -2.12. The SMILES string of the molecule is CCCCC(CC=S)c1ncnn1Cc1ccc(-c2ccccc2-c2nnn[nH]2)cc1. The number of unbranched alkanes of at least 4 members (excludes halogenated alkanes) is 1. The minimum Gasteiger partial charge on any atom is -0.245 e. The summed E-state index contributed by atoms with van der Waals surface area (Å²) >= 11 is 5.13. The van der Waals surface area contributed by atoms with Crippen molar-refractivity contribution in [3.63, 3.8) is 0 Å². The molecule has 1 atom stereocenters. The molecule has 2 heterocycles. The van der Waals surface area contributed by atoms with Gasteiger partial charge in [0.25, 0.3) is 0 Å². The van der Waals surface area contributed by atoms with E-state index in [4.69, 9.17) is 12.2 Å². The van der Waals surface area contributed by atoms with Crippen LogP contribution >= 0.6 is 12.2 Å². The number of hydrogen-bond donors (Lipinski definition) is 1. The standard InChI is InChI=1S/C23H25N7S/c1-2-3-6-19(13-14-31)23-24-16-25-30(23)15-17-9-11-18(12-10-17)20-7-4-5-8-21(20)22-26-28-29-27-22/h4-5,7-12,14,16,19H,2-3,6,13,15H2,1H3,(H,26,27,28,29). The number of H-pyrrole nitrogens is 1. The van der Waals surface area contributed by atoms with Crippen molar-refractivity contribution in [2.75, 3.05) is 0 Å². The van der Waals surface area contributed by atoms with E-state index >= 15 is 0 Å². The molecule has 2 aromatic heterocycles. The molecule has 0 fully saturated rings. The Morgan fingerprint density at radius 3 is 2.61 bits per heavy atom. The average Bonchev–Trinajstić information content (AvgIpc) is 3.50. The van der Waals surface area contributed by atoms with E-state index in [0.29, 0.717) is 18.3 Å². The summed E-state index contributed by atoms with van der Waals surface area (Å²) in [6.45, 7) is 2.89. The Bertz CT molecular complexity index is 1100. The topological polar surface area (TPSA) is 85.2 Å². The maximum absolute atomic E-state index is 5.13. The number of aromatic amines is 1. The smallest absolute Gasteiger partial charge is 0.180 e. The number of thiocarbonyl (C=S) groups is 1. The lowest BCUT2D eigenvalue weighted by molar-refractivity contribution is 0.527. The van der Waals surface area contributed by atoms with Crippen molar-refractivity contribution in [2.24, 2.45) is 0 Å². The van der Waals surface area contributed by atoms with Crippen molar-refractivity contribution < 1.29 is 0 Å². The van der Waals surface area contributed by atoms with Gasteiger partial charge >= 0.3 is 0 Å². The van der Waals surface area contributed by atoms with Crippen LogP contribution in [-0.4, -0.2) is 40.8 Å². The van der Waals surface area contributed by atoms with Gasteiger partial charge in [-0.15, -0.1) is 5.10 Å². The fourth-order valence-corrected chi connectivity index (χ4v) is 4.04. The monoisotopic (exact) mass is 431 g/mol. The number of hydrogen-bond acceptors (Lipinski definition) is 6. The van der Waals surface area contributed by atoms with Gasteiger partial charge in [-0.3, -0.25) is 0 Å². The molecule has 0 saturated carbocycles. The molecule has 1 N–H and O–H groups in total. The lowest BCUT2D eigenvalue weighted by atomic mass is 9.97. The molecule has 31 heavy (non-hydrogen) atoms. The molecule has 8 heteroatoms. The zero-order valence-corrected chi connectivity index (χ0v) is 18.3. The third-order valence-corrected chi connectivity index (χ3v) is 5.61. The van der Waals surface area contributed by atoms with Gasteiger partial charge in [0, 0.05) is 11.5 Å². The molecule has 0 bridgehead atoms. The summed E-state index contributed by atoms with van der Waals surface area (Å²) in [6, 6.07) is 16.6. The maximum Gasteiger partial charge on any atom is 0.180 e. The Labute approximate surface area is 186 Å². The Balaban J connectivity index is 1.55. The highest BCUT2D eigenvalue weighted by Gasteiger charge is 2.17. The van der Waals surface area contributed by atoms with Gasteiger partial charge in [0.1, 0.15) is 12.2 Å². The van der Waals surface area contributed by atoms with Crippen molar-refractivity contribution in [2.45, 2.75) is 45.1 Å². The summed E-state index contributed by atoms with van der Waals surface area (Å²) in [7, 11) is 0. The van der Waals surface area contributed by atoms with E-state index < -0.39 is 0 Å². The van der Waals surface area contributed by atoms with E-state index in [1.807, 2.05) is 28.2 Å². The van der Waals surface area contributed by atoms with Crippen LogP contribution in [0.5, 0.6) is 0 Å². The fourth-order valence-electron chi connectivity index (χ4n) is 3.81. The molecule has 2 aromatic carbocycles. The summed E-state index contributed by atoms with van der Waals surface area (Å²) < 4.78 is 2.00. The summed E-state index contributed by atoms with van der Waals surface area (Å²) in [5.74, 6) is 1.99. The molecule has 0 amide bonds. The molecular weight excluding hydrogens is 406 g/mol. The molecule has 0 spiro atoms. The highest BCUT2D eigenvalue weighted by molar-refractivity contribution is 7.78. The van der Waals surface area contributed by atoms with Crippen LogP contribution in [-0.2, 0) is 6.54 Å². The minimum atomic E-state index is 0.321. The number of benzene rings is 2. The van der Waals surface area contributed by atoms with Crippen LogP contribution < -0.4 is 0 Å². The minimum absolute atomic E-state index is 0.321. The molecule has 0 saturated heterocycles. The molecule has 1 unspecified atom stereocenters. The van der Waals surface area contributed by atoms with E-state index in [9.17, 15) is 0 Å². The largest absolute Gasteiger partial charge is 0.245 e. The van der Waals surface area contributed by atoms with Gasteiger partial charge in [0.05, 0.1) is 6.54 Å². The quantitative estimate of drug-likeness (QED) is 0.362. The van der Waals surface area contributed by atoms with Crippen LogP contribution in [0.25, 0.3) is 22.5 Å². The summed E-state index contributed by atoms with van der Waals surface area (Å²) in [6.07, 6.45) is 5.90. The van der Waals surface area contributed by atoms with E-state index in [0.717, 1.165) is 48.2 Å². The molecule has 0 aliphatic carbocycles. The van der Waals surface area contributed by atoms with Crippen molar-refractivity contribution in [3.05, 3.63) is 66.2 Å². The first kappa shape index (κ1) is 21.0. The normalized spacial score (nSPS) is 12.0. The van der Waals surface area contributed by atoms with Crippen molar-refractivity contribution >= 4 is 17.6 Å². The van der Waals surface area contributed by atoms with Gasteiger partial charge in [-0.25, -0.2) is 14.8 Å². The van der Waals surface area contributed by atoms with Crippen molar-refractivity contribution in [1.82, 2.24) is 35.4 Å². The van der Waals surface area contributed by atoms with Crippen LogP contribution in [0.3, 0.4) is 0 Å². The Morgan fingerprint density at radius 1 is 1.10 bits per heavy atom. The second-order valence-corrected chi connectivity index (χ2v) is 7.84. The van der Waals surface area contributed by atoms with Crippen LogP contribution in [0.2, 0.25) is 0 Å². The molecular formula is C23H25N7S. The average molecular weight is 432 g/mol. The van der Waals surface area contributed by atoms with Crippen LogP contribution in [0.4, 0.5) is 0 Å². The number of nitrogens with zero attached hydrogens (tertiary/aromatic N) is 6. The summed E-state index contributed by atoms with van der Waals surface area (Å²) in [4.78, 5) is 4.55. The molecule has 7 nitrogen and oxygen atoms in total. The first-order valence-electron chi connectivity index (χ1n) is 10.5. The fraction of sp³-hybridized carbons (Fsp3) is 0.304. The number of aromatic nitrogens is 7. The predicted octanol–water partition coefficient (Wildman–Crippen LogP) is 4.84. The van der Waals surface area contributed by atoms with Crippen molar-refractivity contribution in [1.29, 1.82) is 0 Å². The highest BCUT2D eigenvalue weighted by atomic mass is 32.1. The second kappa shape index (κ2) is 10.2. The molecule has 4 rings (SSSR count). The molecule has 158 valence electrons. The molecule has 4 aromatic rings. The van der Waals surface area contributed by atoms with E-state index in [1.165, 1.54) is 5.56 Å². The first-order chi connectivity index (χ1) is 15.3. The Morgan fingerprint density at radius 2 is 1.90 bits per heavy atom. The van der Waals surface area contributed by atoms with Gasteiger partial charge in [0.2, 0.25) is 0 Å². The van der Waals surface area contributed by atoms with Crippen LogP contribution in [0, 0.1) is 0 Å². The Kier molecular flexibility index (Phi) is 6.89. The number of nitrogens with one attached hydrogen (secondary N) is 1. The van der Waals surface area contributed by atoms with Gasteiger partial charge in [-0.05, 0) is 45.3 Å². The number of tetrazole rings is 1. The molecule has 0 radical (unpaired) electrons. The van der Waals surface area contributed by atoms with Gasteiger partial charge in [-0.1, -0.05) is 80.5 Å². The van der Waals surface area contributed by atoms with Gasteiger partial charge < -0.3 is 0 Å². The molecule has 0 aliphatic rings. The van der Waals surface area contributed by atoms with Crippen LogP contribution in [0.15, 0.2) is 54.9 Å². The second-order valence-electron chi connectivity index (χ2n) is 7.51. The van der Waals surface area contributed by atoms with Gasteiger partial charge in [0.15, 0.2) is 5.82 Å². The third-order valence-electron chi connectivity index (χ3n) is 5.42. The van der Waals surface area contributed by atoms with E-state index in [2.05, 4.69) is 68.0 Å². The Hall–Kier alpha value is -3.26. The highest BCUT2D eigenvalue weighted by Crippen LogP contribution is 2.30. The zero-order chi connectivity index (χ0) is 21.5. The van der Waals surface area contributed by atoms with Gasteiger partial charge in [-0.2, -0.15) is 5.10 Å². The zero-order valence-electron chi connectivity index (χ0n) is 17.5. The summed E-state index contributed by atoms with van der Waals surface area (Å²) in [5, 5.41) is 20.6. The third kappa shape index (κ3) is 4.91. The summed E-state index contributed by atoms with van der Waals surface area (Å²) in [5.41, 5.74) is 4.33. The first-order valence-corrected chi connectivity index (χ1v) is 11.0. The predicted molar refractivity (Wildman–Crippen MR) is 125 cm³/mol. The van der Waals surface area contributed by atoms with E-state index in [1.54, 1.807) is 6.33 Å². The van der Waals surface area contributed by atoms with E-state index in [-0.39, 0.29) is 0 Å². The maximum atomic E-state index is 5.13. The van der Waals surface area contributed by atoms with Crippen LogP contribution in [0.1, 0.15) is 49.9 Å². The lowest BCUT2D eigenvalue weighted by Gasteiger charge is -2.15.